The molecule has 0 aliphatic carbocycles. The van der Waals surface area contributed by atoms with Crippen molar-refractivity contribution in [3.63, 3.8) is 0 Å². The molecule has 2 unspecified atom stereocenters. The fourth-order valence-electron chi connectivity index (χ4n) is 2.43. The van der Waals surface area contributed by atoms with Crippen LogP contribution in [0.3, 0.4) is 0 Å². The second-order valence-corrected chi connectivity index (χ2v) is 5.91. The summed E-state index contributed by atoms with van der Waals surface area (Å²) in [6.45, 7) is 7.42. The molecule has 108 valence electrons. The van der Waals surface area contributed by atoms with Crippen LogP contribution in [0.15, 0.2) is 18.2 Å². The SMILES string of the molecule is Cc1c(Cl)cccc1N1C(=O)C(C(C)C)NC(=O)C1C. The minimum Gasteiger partial charge on any atom is -0.342 e. The van der Waals surface area contributed by atoms with E-state index in [0.717, 1.165) is 5.56 Å². The van der Waals surface area contributed by atoms with Gasteiger partial charge >= 0.3 is 0 Å². The molecule has 2 amide bonds. The fourth-order valence-corrected chi connectivity index (χ4v) is 2.60. The van der Waals surface area contributed by atoms with Gasteiger partial charge in [-0.1, -0.05) is 31.5 Å². The Bertz CT molecular complexity index is 557. The van der Waals surface area contributed by atoms with Gasteiger partial charge in [0.2, 0.25) is 5.91 Å². The maximum Gasteiger partial charge on any atom is 0.250 e. The molecule has 4 nitrogen and oxygen atoms in total. The van der Waals surface area contributed by atoms with Crippen molar-refractivity contribution < 1.29 is 9.59 Å². The largest absolute Gasteiger partial charge is 0.342 e. The van der Waals surface area contributed by atoms with Crippen LogP contribution in [0.2, 0.25) is 5.02 Å². The van der Waals surface area contributed by atoms with Crippen LogP contribution < -0.4 is 10.2 Å². The average Bonchev–Trinajstić information content (AvgIpc) is 2.38. The molecule has 1 N–H and O–H groups in total. The van der Waals surface area contributed by atoms with Gasteiger partial charge in [0.25, 0.3) is 5.91 Å². The van der Waals surface area contributed by atoms with Crippen LogP contribution in [0.25, 0.3) is 0 Å². The average molecular weight is 295 g/mol. The van der Waals surface area contributed by atoms with Crippen molar-refractivity contribution in [3.8, 4) is 0 Å². The Morgan fingerprint density at radius 3 is 2.55 bits per heavy atom. The summed E-state index contributed by atoms with van der Waals surface area (Å²) in [4.78, 5) is 26.3. The van der Waals surface area contributed by atoms with Gasteiger partial charge in [0.15, 0.2) is 0 Å². The van der Waals surface area contributed by atoms with Gasteiger partial charge in [-0.25, -0.2) is 0 Å². The number of rotatable bonds is 2. The second kappa shape index (κ2) is 5.44. The van der Waals surface area contributed by atoms with Gasteiger partial charge in [0.05, 0.1) is 0 Å². The van der Waals surface area contributed by atoms with E-state index in [0.29, 0.717) is 10.7 Å². The number of anilines is 1. The molecule has 1 saturated heterocycles. The molecule has 0 bridgehead atoms. The maximum absolute atomic E-state index is 12.7. The molecule has 20 heavy (non-hydrogen) atoms. The molecule has 1 aliphatic heterocycles. The zero-order chi connectivity index (χ0) is 15.0. The highest BCUT2D eigenvalue weighted by Gasteiger charge is 2.40. The second-order valence-electron chi connectivity index (χ2n) is 5.50. The molecule has 5 heteroatoms. The normalized spacial score (nSPS) is 23.2. The van der Waals surface area contributed by atoms with Gasteiger partial charge in [-0.2, -0.15) is 0 Å². The number of carbonyl (C=O) groups excluding carboxylic acids is 2. The lowest BCUT2D eigenvalue weighted by atomic mass is 9.97. The predicted molar refractivity (Wildman–Crippen MR) is 79.9 cm³/mol. The number of benzene rings is 1. The Morgan fingerprint density at radius 2 is 1.95 bits per heavy atom. The van der Waals surface area contributed by atoms with Crippen molar-refractivity contribution in [1.29, 1.82) is 0 Å². The molecule has 1 fully saturated rings. The van der Waals surface area contributed by atoms with E-state index in [4.69, 9.17) is 11.6 Å². The molecule has 2 atom stereocenters. The van der Waals surface area contributed by atoms with E-state index in [1.165, 1.54) is 0 Å². The van der Waals surface area contributed by atoms with Gasteiger partial charge in [0.1, 0.15) is 12.1 Å². The summed E-state index contributed by atoms with van der Waals surface area (Å²) in [5.74, 6) is -0.180. The van der Waals surface area contributed by atoms with Gasteiger partial charge in [0, 0.05) is 10.7 Å². The van der Waals surface area contributed by atoms with Gasteiger partial charge < -0.3 is 5.32 Å². The van der Waals surface area contributed by atoms with Crippen molar-refractivity contribution in [2.24, 2.45) is 5.92 Å². The third kappa shape index (κ3) is 2.40. The first kappa shape index (κ1) is 14.9. The summed E-state index contributed by atoms with van der Waals surface area (Å²) < 4.78 is 0. The fraction of sp³-hybridized carbons (Fsp3) is 0.467. The minimum atomic E-state index is -0.533. The number of nitrogens with zero attached hydrogens (tertiary/aromatic N) is 1. The number of hydrogen-bond donors (Lipinski definition) is 1. The summed E-state index contributed by atoms with van der Waals surface area (Å²) in [6.07, 6.45) is 0. The number of halogens is 1. The van der Waals surface area contributed by atoms with Crippen LogP contribution in [-0.4, -0.2) is 23.9 Å². The smallest absolute Gasteiger partial charge is 0.250 e. The lowest BCUT2D eigenvalue weighted by Gasteiger charge is -2.39. The first-order valence-corrected chi connectivity index (χ1v) is 7.11. The van der Waals surface area contributed by atoms with E-state index in [1.54, 1.807) is 24.0 Å². The summed E-state index contributed by atoms with van der Waals surface area (Å²) in [7, 11) is 0. The standard InChI is InChI=1S/C15H19ClN2O2/c1-8(2)13-15(20)18(10(4)14(19)17-13)12-7-5-6-11(16)9(12)3/h5-8,10,13H,1-4H3,(H,17,19). The van der Waals surface area contributed by atoms with Crippen molar-refractivity contribution in [1.82, 2.24) is 5.32 Å². The molecule has 0 aromatic heterocycles. The zero-order valence-corrected chi connectivity index (χ0v) is 12.9. The summed E-state index contributed by atoms with van der Waals surface area (Å²) in [5, 5.41) is 3.38. The molecule has 0 saturated carbocycles. The first-order valence-electron chi connectivity index (χ1n) is 6.73. The number of hydrogen-bond acceptors (Lipinski definition) is 2. The highest BCUT2D eigenvalue weighted by atomic mass is 35.5. The van der Waals surface area contributed by atoms with E-state index in [2.05, 4.69) is 5.32 Å². The lowest BCUT2D eigenvalue weighted by molar-refractivity contribution is -0.134. The van der Waals surface area contributed by atoms with Crippen molar-refractivity contribution in [3.05, 3.63) is 28.8 Å². The number of amides is 2. The molecule has 2 rings (SSSR count). The van der Waals surface area contributed by atoms with Crippen LogP contribution in [0.4, 0.5) is 5.69 Å². The quantitative estimate of drug-likeness (QED) is 0.911. The number of piperazine rings is 1. The van der Waals surface area contributed by atoms with E-state index < -0.39 is 12.1 Å². The summed E-state index contributed by atoms with van der Waals surface area (Å²) >= 11 is 6.13. The van der Waals surface area contributed by atoms with Crippen molar-refractivity contribution >= 4 is 29.1 Å². The van der Waals surface area contributed by atoms with E-state index in [9.17, 15) is 9.59 Å². The first-order chi connectivity index (χ1) is 9.34. The summed E-state index contributed by atoms with van der Waals surface area (Å²) in [6, 6.07) is 4.37. The monoisotopic (exact) mass is 294 g/mol. The Hall–Kier alpha value is -1.55. The van der Waals surface area contributed by atoms with Crippen LogP contribution in [0, 0.1) is 12.8 Å². The number of nitrogens with one attached hydrogen (secondary N) is 1. The zero-order valence-electron chi connectivity index (χ0n) is 12.1. The molecular weight excluding hydrogens is 276 g/mol. The molecule has 1 aliphatic rings. The predicted octanol–water partition coefficient (Wildman–Crippen LogP) is 2.52. The maximum atomic E-state index is 12.7. The Kier molecular flexibility index (Phi) is 4.04. The highest BCUT2D eigenvalue weighted by Crippen LogP contribution is 2.30. The summed E-state index contributed by atoms with van der Waals surface area (Å²) in [5.41, 5.74) is 1.52. The Morgan fingerprint density at radius 1 is 1.30 bits per heavy atom. The van der Waals surface area contributed by atoms with Crippen LogP contribution in [0.1, 0.15) is 26.3 Å². The van der Waals surface area contributed by atoms with Crippen molar-refractivity contribution in [2.45, 2.75) is 39.8 Å². The van der Waals surface area contributed by atoms with Gasteiger partial charge in [-0.05, 0) is 37.5 Å². The van der Waals surface area contributed by atoms with E-state index in [1.807, 2.05) is 26.8 Å². The Labute approximate surface area is 124 Å². The molecule has 0 spiro atoms. The van der Waals surface area contributed by atoms with E-state index in [-0.39, 0.29) is 17.7 Å². The molecule has 1 aromatic carbocycles. The molecule has 1 aromatic rings. The topological polar surface area (TPSA) is 49.4 Å². The van der Waals surface area contributed by atoms with Gasteiger partial charge in [-0.15, -0.1) is 0 Å². The van der Waals surface area contributed by atoms with Crippen LogP contribution in [0.5, 0.6) is 0 Å². The third-order valence-corrected chi connectivity index (χ3v) is 4.14. The molecule has 0 radical (unpaired) electrons. The number of carbonyl (C=O) groups is 2. The minimum absolute atomic E-state index is 0.0425. The third-order valence-electron chi connectivity index (χ3n) is 3.73. The molecular formula is C15H19ClN2O2. The molecule has 1 heterocycles. The highest BCUT2D eigenvalue weighted by molar-refractivity contribution is 6.31. The van der Waals surface area contributed by atoms with Crippen LogP contribution in [-0.2, 0) is 9.59 Å². The Balaban J connectivity index is 2.49. The van der Waals surface area contributed by atoms with E-state index >= 15 is 0 Å². The van der Waals surface area contributed by atoms with Crippen LogP contribution >= 0.6 is 11.6 Å². The lowest BCUT2D eigenvalue weighted by Crippen LogP contribution is -2.64. The van der Waals surface area contributed by atoms with Crippen molar-refractivity contribution in [2.75, 3.05) is 4.90 Å². The van der Waals surface area contributed by atoms with Gasteiger partial charge in [-0.3, -0.25) is 14.5 Å².